The summed E-state index contributed by atoms with van der Waals surface area (Å²) in [5, 5.41) is 3.75. The van der Waals surface area contributed by atoms with Crippen LogP contribution in [0.15, 0.2) is 121 Å². The minimum atomic E-state index is 1.03. The zero-order valence-corrected chi connectivity index (χ0v) is 23.5. The second kappa shape index (κ2) is 11.2. The molecule has 0 aliphatic heterocycles. The Morgan fingerprint density at radius 1 is 0.625 bits per heavy atom. The van der Waals surface area contributed by atoms with Crippen LogP contribution >= 0.6 is 0 Å². The van der Waals surface area contributed by atoms with Crippen molar-refractivity contribution < 1.29 is 4.57 Å². The molecule has 0 radical (unpaired) electrons. The van der Waals surface area contributed by atoms with Crippen molar-refractivity contribution in [3.8, 4) is 0 Å². The summed E-state index contributed by atoms with van der Waals surface area (Å²) in [7, 11) is 0. The summed E-state index contributed by atoms with van der Waals surface area (Å²) in [6, 6.07) is 41.8. The predicted molar refractivity (Wildman–Crippen MR) is 171 cm³/mol. The second-order valence-electron chi connectivity index (χ2n) is 10.6. The lowest BCUT2D eigenvalue weighted by atomic mass is 10.0. The molecule has 0 amide bonds. The second-order valence-corrected chi connectivity index (χ2v) is 10.6. The number of rotatable bonds is 7. The molecule has 0 fully saturated rings. The molecule has 0 atom stereocenters. The Balaban J connectivity index is 1.35. The number of benzene rings is 5. The van der Waals surface area contributed by atoms with E-state index in [2.05, 4.69) is 164 Å². The van der Waals surface area contributed by atoms with E-state index in [1.165, 1.54) is 55.3 Å². The highest BCUT2D eigenvalue weighted by Crippen LogP contribution is 2.37. The average Bonchev–Trinajstić information content (AvgIpc) is 2.97. The van der Waals surface area contributed by atoms with Crippen LogP contribution in [0.4, 0.5) is 17.1 Å². The number of pyridine rings is 1. The van der Waals surface area contributed by atoms with Crippen molar-refractivity contribution in [1.82, 2.24) is 0 Å². The van der Waals surface area contributed by atoms with E-state index >= 15 is 0 Å². The largest absolute Gasteiger partial charge is 0.310 e. The van der Waals surface area contributed by atoms with Gasteiger partial charge in [0.1, 0.15) is 6.54 Å². The zero-order valence-electron chi connectivity index (χ0n) is 23.5. The highest BCUT2D eigenvalue weighted by molar-refractivity contribution is 5.93. The fraction of sp³-hybridized carbons (Fsp3) is 0.132. The summed E-state index contributed by atoms with van der Waals surface area (Å²) in [5.41, 5.74) is 9.71. The van der Waals surface area contributed by atoms with Gasteiger partial charge in [-0.3, -0.25) is 0 Å². The number of fused-ring (bicyclic) bond motifs is 2. The normalized spacial score (nSPS) is 11.5. The van der Waals surface area contributed by atoms with E-state index in [0.29, 0.717) is 0 Å². The lowest BCUT2D eigenvalue weighted by Gasteiger charge is -2.26. The third-order valence-electron chi connectivity index (χ3n) is 7.50. The van der Waals surface area contributed by atoms with Gasteiger partial charge in [-0.05, 0) is 95.4 Å². The monoisotopic (exact) mass is 519 g/mol. The van der Waals surface area contributed by atoms with E-state index in [9.17, 15) is 0 Å². The molecule has 0 aliphatic rings. The molecule has 2 heteroatoms. The van der Waals surface area contributed by atoms with Gasteiger partial charge in [-0.15, -0.1) is 0 Å². The first-order valence-electron chi connectivity index (χ1n) is 14.2. The Morgan fingerprint density at radius 2 is 1.30 bits per heavy atom. The summed E-state index contributed by atoms with van der Waals surface area (Å²) in [6.45, 7) is 7.55. The molecule has 6 aromatic rings. The smallest absolute Gasteiger partial charge is 0.213 e. The van der Waals surface area contributed by atoms with Crippen molar-refractivity contribution >= 4 is 50.9 Å². The lowest BCUT2D eigenvalue weighted by Crippen LogP contribution is -2.33. The first-order valence-corrected chi connectivity index (χ1v) is 14.2. The van der Waals surface area contributed by atoms with E-state index < -0.39 is 0 Å². The Kier molecular flexibility index (Phi) is 7.16. The first kappa shape index (κ1) is 25.6. The SMILES string of the molecule is CCC[n+]1ccc(/C=C/c2ccc3cc(N(c4cccc(C)c4)c4cccc(C)c4)ccc3c2)c2ccccc21. The fourth-order valence-electron chi connectivity index (χ4n) is 5.55. The van der Waals surface area contributed by atoms with Gasteiger partial charge in [-0.1, -0.05) is 73.7 Å². The van der Waals surface area contributed by atoms with Crippen LogP contribution in [-0.4, -0.2) is 0 Å². The van der Waals surface area contributed by atoms with E-state index in [0.717, 1.165) is 18.7 Å². The Bertz CT molecular complexity index is 1800. The maximum Gasteiger partial charge on any atom is 0.213 e. The van der Waals surface area contributed by atoms with Gasteiger partial charge in [-0.2, -0.15) is 4.57 Å². The molecule has 2 nitrogen and oxygen atoms in total. The van der Waals surface area contributed by atoms with Gasteiger partial charge in [0.15, 0.2) is 6.20 Å². The van der Waals surface area contributed by atoms with Crippen molar-refractivity contribution in [2.45, 2.75) is 33.7 Å². The Labute approximate surface area is 237 Å². The number of para-hydroxylation sites is 1. The van der Waals surface area contributed by atoms with Gasteiger partial charge in [0, 0.05) is 35.6 Å². The summed E-state index contributed by atoms with van der Waals surface area (Å²) in [6.07, 6.45) is 7.80. The van der Waals surface area contributed by atoms with E-state index in [1.54, 1.807) is 0 Å². The number of hydrogen-bond acceptors (Lipinski definition) is 1. The Morgan fingerprint density at radius 3 is 2.02 bits per heavy atom. The maximum atomic E-state index is 2.35. The van der Waals surface area contributed by atoms with Crippen LogP contribution in [0.3, 0.4) is 0 Å². The van der Waals surface area contributed by atoms with Gasteiger partial charge in [0.2, 0.25) is 5.52 Å². The molecule has 0 N–H and O–H groups in total. The topological polar surface area (TPSA) is 7.12 Å². The molecule has 196 valence electrons. The van der Waals surface area contributed by atoms with Gasteiger partial charge in [-0.25, -0.2) is 0 Å². The molecule has 40 heavy (non-hydrogen) atoms. The van der Waals surface area contributed by atoms with Crippen molar-refractivity contribution in [1.29, 1.82) is 0 Å². The summed E-state index contributed by atoms with van der Waals surface area (Å²) in [4.78, 5) is 2.35. The molecule has 0 spiro atoms. The van der Waals surface area contributed by atoms with Crippen molar-refractivity contribution in [3.05, 3.63) is 144 Å². The van der Waals surface area contributed by atoms with E-state index in [1.807, 2.05) is 0 Å². The number of nitrogens with zero attached hydrogens (tertiary/aromatic N) is 2. The quantitative estimate of drug-likeness (QED) is 0.190. The molecule has 0 saturated carbocycles. The molecule has 1 aromatic heterocycles. The van der Waals surface area contributed by atoms with Gasteiger partial charge >= 0.3 is 0 Å². The Hall–Kier alpha value is -4.69. The van der Waals surface area contributed by atoms with E-state index in [-0.39, 0.29) is 0 Å². The van der Waals surface area contributed by atoms with Crippen LogP contribution in [0.25, 0.3) is 33.8 Å². The molecule has 0 saturated heterocycles. The van der Waals surface area contributed by atoms with Gasteiger partial charge in [0.25, 0.3) is 0 Å². The standard InChI is InChI=1S/C38H35N2/c1-4-22-39-23-21-31(37-13-5-6-14-38(37)39)17-15-30-16-18-33-27-36(20-19-32(33)26-30)40(34-11-7-9-28(2)24-34)35-12-8-10-29(3)25-35/h5-21,23-27H,4,22H2,1-3H3/q+1. The number of anilines is 3. The molecule has 1 heterocycles. The van der Waals surface area contributed by atoms with Crippen LogP contribution in [0.1, 0.15) is 35.6 Å². The molecular formula is C38H35N2+. The predicted octanol–water partition coefficient (Wildman–Crippen LogP) is 9.95. The summed E-state index contributed by atoms with van der Waals surface area (Å²) >= 11 is 0. The van der Waals surface area contributed by atoms with Crippen molar-refractivity contribution in [3.63, 3.8) is 0 Å². The third kappa shape index (κ3) is 5.26. The maximum absolute atomic E-state index is 2.35. The third-order valence-corrected chi connectivity index (χ3v) is 7.50. The van der Waals surface area contributed by atoms with Crippen LogP contribution < -0.4 is 9.47 Å². The number of hydrogen-bond donors (Lipinski definition) is 0. The fourth-order valence-corrected chi connectivity index (χ4v) is 5.55. The highest BCUT2D eigenvalue weighted by Gasteiger charge is 2.14. The van der Waals surface area contributed by atoms with Gasteiger partial charge in [0.05, 0.1) is 5.39 Å². The number of aryl methyl sites for hydroxylation is 3. The van der Waals surface area contributed by atoms with Crippen LogP contribution in [0.2, 0.25) is 0 Å². The zero-order chi connectivity index (χ0) is 27.5. The highest BCUT2D eigenvalue weighted by atomic mass is 15.1. The molecule has 0 unspecified atom stereocenters. The first-order chi connectivity index (χ1) is 19.6. The minimum absolute atomic E-state index is 1.03. The minimum Gasteiger partial charge on any atom is -0.310 e. The van der Waals surface area contributed by atoms with Crippen molar-refractivity contribution in [2.24, 2.45) is 0 Å². The summed E-state index contributed by atoms with van der Waals surface area (Å²) in [5.74, 6) is 0. The molecule has 5 aromatic carbocycles. The van der Waals surface area contributed by atoms with Crippen LogP contribution in [-0.2, 0) is 6.54 Å². The molecule has 6 rings (SSSR count). The average molecular weight is 520 g/mol. The number of aromatic nitrogens is 1. The summed E-state index contributed by atoms with van der Waals surface area (Å²) < 4.78 is 2.34. The van der Waals surface area contributed by atoms with Crippen molar-refractivity contribution in [2.75, 3.05) is 4.90 Å². The van der Waals surface area contributed by atoms with Crippen LogP contribution in [0.5, 0.6) is 0 Å². The molecule has 0 aliphatic carbocycles. The molecular weight excluding hydrogens is 484 g/mol. The van der Waals surface area contributed by atoms with Crippen LogP contribution in [0, 0.1) is 13.8 Å². The molecule has 0 bridgehead atoms. The lowest BCUT2D eigenvalue weighted by molar-refractivity contribution is -0.671. The van der Waals surface area contributed by atoms with Gasteiger partial charge < -0.3 is 4.90 Å². The van der Waals surface area contributed by atoms with E-state index in [4.69, 9.17) is 0 Å².